The summed E-state index contributed by atoms with van der Waals surface area (Å²) in [7, 11) is 3.17. The molecule has 1 N–H and O–H groups in total. The molecule has 2 rings (SSSR count). The normalized spacial score (nSPS) is 10.6. The van der Waals surface area contributed by atoms with Gasteiger partial charge in [0.15, 0.2) is 11.5 Å². The van der Waals surface area contributed by atoms with E-state index in [4.69, 9.17) is 14.2 Å². The highest BCUT2D eigenvalue weighted by molar-refractivity contribution is 6.02. The predicted molar refractivity (Wildman–Crippen MR) is 104 cm³/mol. The van der Waals surface area contributed by atoms with Gasteiger partial charge in [0.05, 0.1) is 26.5 Å². The summed E-state index contributed by atoms with van der Waals surface area (Å²) >= 11 is 0. The zero-order valence-electron chi connectivity index (χ0n) is 15.7. The minimum Gasteiger partial charge on any atom is -0.495 e. The van der Waals surface area contributed by atoms with E-state index in [1.807, 2.05) is 50.2 Å². The topological polar surface area (TPSA) is 56.8 Å². The van der Waals surface area contributed by atoms with Crippen LogP contribution in [0.15, 0.2) is 42.5 Å². The van der Waals surface area contributed by atoms with Crippen molar-refractivity contribution in [1.29, 1.82) is 0 Å². The molecular formula is C21H25NO4. The van der Waals surface area contributed by atoms with E-state index in [9.17, 15) is 4.79 Å². The van der Waals surface area contributed by atoms with Crippen LogP contribution in [0.25, 0.3) is 6.08 Å². The van der Waals surface area contributed by atoms with Crippen LogP contribution >= 0.6 is 0 Å². The maximum atomic E-state index is 12.2. The van der Waals surface area contributed by atoms with E-state index in [2.05, 4.69) is 5.32 Å². The molecule has 0 aliphatic heterocycles. The molecule has 0 aliphatic carbocycles. The number of hydrogen-bond donors (Lipinski definition) is 1. The molecular weight excluding hydrogens is 330 g/mol. The Labute approximate surface area is 154 Å². The molecule has 0 saturated heterocycles. The lowest BCUT2D eigenvalue weighted by molar-refractivity contribution is -0.111. The van der Waals surface area contributed by atoms with Gasteiger partial charge in [0, 0.05) is 6.08 Å². The summed E-state index contributed by atoms with van der Waals surface area (Å²) < 4.78 is 16.3. The molecule has 0 spiro atoms. The van der Waals surface area contributed by atoms with E-state index < -0.39 is 0 Å². The molecule has 0 atom stereocenters. The van der Waals surface area contributed by atoms with E-state index in [0.717, 1.165) is 17.5 Å². The monoisotopic (exact) mass is 355 g/mol. The first-order valence-electron chi connectivity index (χ1n) is 8.52. The van der Waals surface area contributed by atoms with Crippen LogP contribution in [0.3, 0.4) is 0 Å². The molecule has 5 nitrogen and oxygen atoms in total. The van der Waals surface area contributed by atoms with Gasteiger partial charge in [0.1, 0.15) is 5.75 Å². The van der Waals surface area contributed by atoms with Crippen molar-refractivity contribution < 1.29 is 19.0 Å². The fraction of sp³-hybridized carbons (Fsp3) is 0.286. The van der Waals surface area contributed by atoms with Crippen LogP contribution in [0, 0.1) is 6.92 Å². The Morgan fingerprint density at radius 2 is 1.77 bits per heavy atom. The molecule has 0 aromatic heterocycles. The van der Waals surface area contributed by atoms with Crippen LogP contribution in [-0.4, -0.2) is 26.7 Å². The number of carbonyl (C=O) groups is 1. The third-order valence-electron chi connectivity index (χ3n) is 3.69. The minimum atomic E-state index is -0.237. The van der Waals surface area contributed by atoms with Crippen LogP contribution in [0.4, 0.5) is 5.69 Å². The Kier molecular flexibility index (Phi) is 7.09. The number of hydrogen-bond acceptors (Lipinski definition) is 4. The number of amides is 1. The fourth-order valence-corrected chi connectivity index (χ4v) is 2.38. The molecule has 0 fully saturated rings. The zero-order chi connectivity index (χ0) is 18.9. The van der Waals surface area contributed by atoms with Crippen LogP contribution < -0.4 is 19.5 Å². The number of methoxy groups -OCH3 is 2. The molecule has 1 amide bonds. The van der Waals surface area contributed by atoms with Gasteiger partial charge in [-0.15, -0.1) is 0 Å². The van der Waals surface area contributed by atoms with E-state index in [-0.39, 0.29) is 5.91 Å². The number of aryl methyl sites for hydroxylation is 1. The first kappa shape index (κ1) is 19.4. The smallest absolute Gasteiger partial charge is 0.248 e. The Morgan fingerprint density at radius 3 is 2.46 bits per heavy atom. The maximum Gasteiger partial charge on any atom is 0.248 e. The quantitative estimate of drug-likeness (QED) is 0.711. The maximum absolute atomic E-state index is 12.2. The SMILES string of the molecule is CCCOc1ccc(/C=C/C(=O)Nc2cc(C)ccc2OC)cc1OC. The van der Waals surface area contributed by atoms with Crippen molar-refractivity contribution >= 4 is 17.7 Å². The molecule has 0 unspecified atom stereocenters. The van der Waals surface area contributed by atoms with Crippen LogP contribution in [0.1, 0.15) is 24.5 Å². The summed E-state index contributed by atoms with van der Waals surface area (Å²) in [6, 6.07) is 11.2. The first-order chi connectivity index (χ1) is 12.6. The average Bonchev–Trinajstić information content (AvgIpc) is 2.65. The molecule has 0 radical (unpaired) electrons. The van der Waals surface area contributed by atoms with Crippen molar-refractivity contribution in [2.75, 3.05) is 26.1 Å². The minimum absolute atomic E-state index is 0.237. The van der Waals surface area contributed by atoms with Gasteiger partial charge in [-0.3, -0.25) is 4.79 Å². The Morgan fingerprint density at radius 1 is 1.04 bits per heavy atom. The van der Waals surface area contributed by atoms with E-state index >= 15 is 0 Å². The van der Waals surface area contributed by atoms with Gasteiger partial charge in [-0.25, -0.2) is 0 Å². The Balaban J connectivity index is 2.09. The van der Waals surface area contributed by atoms with Gasteiger partial charge in [0.25, 0.3) is 0 Å². The van der Waals surface area contributed by atoms with Crippen LogP contribution in [0.5, 0.6) is 17.2 Å². The second-order valence-corrected chi connectivity index (χ2v) is 5.79. The van der Waals surface area contributed by atoms with Gasteiger partial charge in [-0.2, -0.15) is 0 Å². The van der Waals surface area contributed by atoms with Gasteiger partial charge in [-0.05, 0) is 54.8 Å². The summed E-state index contributed by atoms with van der Waals surface area (Å²) in [5, 5.41) is 2.83. The molecule has 5 heteroatoms. The van der Waals surface area contributed by atoms with Crippen molar-refractivity contribution in [3.63, 3.8) is 0 Å². The molecule has 138 valence electrons. The largest absolute Gasteiger partial charge is 0.495 e. The molecule has 26 heavy (non-hydrogen) atoms. The van der Waals surface area contributed by atoms with E-state index in [1.54, 1.807) is 20.3 Å². The third-order valence-corrected chi connectivity index (χ3v) is 3.69. The lowest BCUT2D eigenvalue weighted by atomic mass is 10.1. The standard InChI is InChI=1S/C21H25NO4/c1-5-12-26-19-10-7-16(14-20(19)25-4)8-11-21(23)22-17-13-15(2)6-9-18(17)24-3/h6-11,13-14H,5,12H2,1-4H3,(H,22,23)/b11-8+. The van der Waals surface area contributed by atoms with Crippen LogP contribution in [0.2, 0.25) is 0 Å². The molecule has 0 heterocycles. The average molecular weight is 355 g/mol. The Bertz CT molecular complexity index is 784. The van der Waals surface area contributed by atoms with E-state index in [0.29, 0.717) is 29.5 Å². The summed E-state index contributed by atoms with van der Waals surface area (Å²) in [4.78, 5) is 12.2. The molecule has 2 aromatic carbocycles. The number of nitrogens with one attached hydrogen (secondary N) is 1. The van der Waals surface area contributed by atoms with E-state index in [1.165, 1.54) is 6.08 Å². The molecule has 0 aliphatic rings. The molecule has 0 bridgehead atoms. The first-order valence-corrected chi connectivity index (χ1v) is 8.52. The molecule has 0 saturated carbocycles. The second-order valence-electron chi connectivity index (χ2n) is 5.79. The highest BCUT2D eigenvalue weighted by Gasteiger charge is 2.07. The van der Waals surface area contributed by atoms with Crippen molar-refractivity contribution in [2.45, 2.75) is 20.3 Å². The highest BCUT2D eigenvalue weighted by Crippen LogP contribution is 2.29. The van der Waals surface area contributed by atoms with Crippen molar-refractivity contribution in [3.8, 4) is 17.2 Å². The summed E-state index contributed by atoms with van der Waals surface area (Å²) in [5.41, 5.74) is 2.53. The second kappa shape index (κ2) is 9.51. The van der Waals surface area contributed by atoms with Crippen molar-refractivity contribution in [1.82, 2.24) is 0 Å². The third kappa shape index (κ3) is 5.28. The number of ether oxygens (including phenoxy) is 3. The number of rotatable bonds is 8. The van der Waals surface area contributed by atoms with Crippen molar-refractivity contribution in [3.05, 3.63) is 53.6 Å². The number of benzene rings is 2. The zero-order valence-corrected chi connectivity index (χ0v) is 15.7. The fourth-order valence-electron chi connectivity index (χ4n) is 2.38. The van der Waals surface area contributed by atoms with Gasteiger partial charge in [-0.1, -0.05) is 19.1 Å². The van der Waals surface area contributed by atoms with Gasteiger partial charge >= 0.3 is 0 Å². The van der Waals surface area contributed by atoms with Gasteiger partial charge < -0.3 is 19.5 Å². The van der Waals surface area contributed by atoms with Crippen molar-refractivity contribution in [2.24, 2.45) is 0 Å². The Hall–Kier alpha value is -2.95. The van der Waals surface area contributed by atoms with Crippen LogP contribution in [-0.2, 0) is 4.79 Å². The highest BCUT2D eigenvalue weighted by atomic mass is 16.5. The summed E-state index contributed by atoms with van der Waals surface area (Å²) in [6.45, 7) is 4.64. The number of carbonyl (C=O) groups excluding carboxylic acids is 1. The number of anilines is 1. The lowest BCUT2D eigenvalue weighted by Crippen LogP contribution is -2.09. The van der Waals surface area contributed by atoms with Gasteiger partial charge in [0.2, 0.25) is 5.91 Å². The molecule has 2 aromatic rings. The summed E-state index contributed by atoms with van der Waals surface area (Å²) in [6.07, 6.45) is 4.13. The summed E-state index contributed by atoms with van der Waals surface area (Å²) in [5.74, 6) is 1.72. The lowest BCUT2D eigenvalue weighted by Gasteiger charge is -2.11. The predicted octanol–water partition coefficient (Wildman–Crippen LogP) is 4.45.